The van der Waals surface area contributed by atoms with Gasteiger partial charge in [0.2, 0.25) is 0 Å². The van der Waals surface area contributed by atoms with Gasteiger partial charge in [-0.3, -0.25) is 5.32 Å². The first-order valence-electron chi connectivity index (χ1n) is 12.4. The van der Waals surface area contributed by atoms with Gasteiger partial charge in [-0.25, -0.2) is 4.79 Å². The van der Waals surface area contributed by atoms with E-state index in [1.165, 1.54) is 15.0 Å². The van der Waals surface area contributed by atoms with Gasteiger partial charge in [-0.15, -0.1) is 11.3 Å². The van der Waals surface area contributed by atoms with Crippen LogP contribution in [-0.2, 0) is 5.41 Å². The number of carbonyl (C=O) groups excluding carboxylic acids is 1. The fraction of sp³-hybridized carbons (Fsp3) is 0.286. The predicted molar refractivity (Wildman–Crippen MR) is 151 cm³/mol. The van der Waals surface area contributed by atoms with Crippen molar-refractivity contribution in [3.63, 3.8) is 0 Å². The average Bonchev–Trinajstić information content (AvgIpc) is 3.19. The van der Waals surface area contributed by atoms with Crippen molar-refractivity contribution in [1.29, 1.82) is 0 Å². The van der Waals surface area contributed by atoms with Crippen molar-refractivity contribution in [3.05, 3.63) is 66.6 Å². The van der Waals surface area contributed by atoms with Crippen molar-refractivity contribution >= 4 is 49.6 Å². The van der Waals surface area contributed by atoms with E-state index < -0.39 is 0 Å². The Morgan fingerprint density at radius 2 is 1.81 bits per heavy atom. The number of rotatable bonds is 6. The molecule has 3 aromatic heterocycles. The van der Waals surface area contributed by atoms with E-state index in [-0.39, 0.29) is 17.0 Å². The molecule has 1 aliphatic rings. The molecule has 5 aromatic rings. The molecule has 0 aliphatic heterocycles. The SMILES string of the molecule is CC(C)(C)c1cc(NC(=O)Nc2ccc(-c3cc4sc5cc(NCC6(N)CC6)ccc5n4c3)cc2)no1. The number of hydrogen-bond donors (Lipinski definition) is 4. The number of nitrogens with two attached hydrogens (primary N) is 1. The molecule has 0 radical (unpaired) electrons. The molecule has 0 saturated heterocycles. The topological polar surface area (TPSA) is 110 Å². The second-order valence-electron chi connectivity index (χ2n) is 10.9. The van der Waals surface area contributed by atoms with Gasteiger partial charge in [-0.05, 0) is 54.8 Å². The number of anilines is 3. The van der Waals surface area contributed by atoms with E-state index in [0.29, 0.717) is 17.3 Å². The van der Waals surface area contributed by atoms with Crippen molar-refractivity contribution in [2.45, 2.75) is 44.6 Å². The number of nitrogens with zero attached hydrogens (tertiary/aromatic N) is 2. The van der Waals surface area contributed by atoms with E-state index in [1.54, 1.807) is 17.4 Å². The van der Waals surface area contributed by atoms with Gasteiger partial charge in [0.15, 0.2) is 5.82 Å². The number of benzene rings is 2. The Kier molecular flexibility index (Phi) is 5.50. The summed E-state index contributed by atoms with van der Waals surface area (Å²) in [5, 5.41) is 13.0. The highest BCUT2D eigenvalue weighted by Gasteiger charge is 2.37. The number of fused-ring (bicyclic) bond motifs is 3. The molecule has 1 aliphatic carbocycles. The van der Waals surface area contributed by atoms with Gasteiger partial charge < -0.3 is 25.3 Å². The Morgan fingerprint density at radius 3 is 2.51 bits per heavy atom. The van der Waals surface area contributed by atoms with Crippen LogP contribution in [-0.4, -0.2) is 27.7 Å². The van der Waals surface area contributed by atoms with Crippen molar-refractivity contribution < 1.29 is 9.32 Å². The number of urea groups is 1. The van der Waals surface area contributed by atoms with Crippen LogP contribution in [0, 0.1) is 0 Å². The molecule has 9 heteroatoms. The van der Waals surface area contributed by atoms with Crippen LogP contribution in [0.5, 0.6) is 0 Å². The maximum atomic E-state index is 12.4. The third-order valence-corrected chi connectivity index (χ3v) is 7.79. The van der Waals surface area contributed by atoms with Crippen LogP contribution >= 0.6 is 11.3 Å². The number of hydrogen-bond acceptors (Lipinski definition) is 6. The van der Waals surface area contributed by atoms with Crippen molar-refractivity contribution in [1.82, 2.24) is 9.56 Å². The average molecular weight is 515 g/mol. The molecular formula is C28H30N6O2S. The van der Waals surface area contributed by atoms with Gasteiger partial charge in [0.25, 0.3) is 0 Å². The Morgan fingerprint density at radius 1 is 1.05 bits per heavy atom. The highest BCUT2D eigenvalue weighted by Crippen LogP contribution is 2.35. The summed E-state index contributed by atoms with van der Waals surface area (Å²) in [6.45, 7) is 6.89. The minimum absolute atomic E-state index is 0.0195. The zero-order chi connectivity index (χ0) is 25.8. The molecule has 190 valence electrons. The molecular weight excluding hydrogens is 484 g/mol. The van der Waals surface area contributed by atoms with Crippen molar-refractivity contribution in [2.24, 2.45) is 5.73 Å². The van der Waals surface area contributed by atoms with E-state index in [4.69, 9.17) is 10.3 Å². The van der Waals surface area contributed by atoms with Crippen LogP contribution in [0.4, 0.5) is 22.0 Å². The lowest BCUT2D eigenvalue weighted by Crippen LogP contribution is -2.30. The second kappa shape index (κ2) is 8.64. The smallest absolute Gasteiger partial charge is 0.324 e. The number of aromatic nitrogens is 2. The Labute approximate surface area is 218 Å². The molecule has 2 aromatic carbocycles. The zero-order valence-corrected chi connectivity index (χ0v) is 21.9. The van der Waals surface area contributed by atoms with Crippen LogP contribution in [0.2, 0.25) is 0 Å². The molecule has 0 unspecified atom stereocenters. The Bertz CT molecular complexity index is 1600. The normalized spacial score (nSPS) is 14.7. The molecule has 0 bridgehead atoms. The molecule has 5 N–H and O–H groups in total. The highest BCUT2D eigenvalue weighted by atomic mass is 32.1. The molecule has 0 atom stereocenters. The lowest BCUT2D eigenvalue weighted by Gasteiger charge is -2.12. The summed E-state index contributed by atoms with van der Waals surface area (Å²) in [6, 6.07) is 17.8. The van der Waals surface area contributed by atoms with Crippen LogP contribution < -0.4 is 21.7 Å². The summed E-state index contributed by atoms with van der Waals surface area (Å²) < 4.78 is 8.79. The van der Waals surface area contributed by atoms with E-state index in [9.17, 15) is 4.79 Å². The van der Waals surface area contributed by atoms with Crippen LogP contribution in [0.25, 0.3) is 26.2 Å². The third-order valence-electron chi connectivity index (χ3n) is 6.72. The van der Waals surface area contributed by atoms with Crippen molar-refractivity contribution in [3.8, 4) is 11.1 Å². The van der Waals surface area contributed by atoms with Crippen LogP contribution in [0.15, 0.2) is 65.3 Å². The van der Waals surface area contributed by atoms with Gasteiger partial charge in [-0.2, -0.15) is 0 Å². The molecule has 1 saturated carbocycles. The first-order chi connectivity index (χ1) is 17.6. The number of thiazole rings is 1. The molecule has 8 nitrogen and oxygen atoms in total. The molecule has 1 fully saturated rings. The summed E-state index contributed by atoms with van der Waals surface area (Å²) in [7, 11) is 0. The zero-order valence-electron chi connectivity index (χ0n) is 21.1. The third kappa shape index (κ3) is 4.92. The number of amides is 2. The summed E-state index contributed by atoms with van der Waals surface area (Å²) in [5.74, 6) is 1.09. The summed E-state index contributed by atoms with van der Waals surface area (Å²) in [4.78, 5) is 13.6. The number of nitrogens with one attached hydrogen (secondary N) is 3. The van der Waals surface area contributed by atoms with Gasteiger partial charge in [0.05, 0.1) is 10.2 Å². The Balaban J connectivity index is 1.13. The quantitative estimate of drug-likeness (QED) is 0.203. The van der Waals surface area contributed by atoms with E-state index in [2.05, 4.69) is 56.0 Å². The summed E-state index contributed by atoms with van der Waals surface area (Å²) >= 11 is 1.77. The minimum Gasteiger partial charge on any atom is -0.383 e. The lowest BCUT2D eigenvalue weighted by atomic mass is 9.93. The van der Waals surface area contributed by atoms with Crippen LogP contribution in [0.3, 0.4) is 0 Å². The monoisotopic (exact) mass is 514 g/mol. The van der Waals surface area contributed by atoms with Gasteiger partial charge in [-0.1, -0.05) is 38.1 Å². The van der Waals surface area contributed by atoms with Crippen LogP contribution in [0.1, 0.15) is 39.4 Å². The summed E-state index contributed by atoms with van der Waals surface area (Å²) in [5.41, 5.74) is 11.2. The van der Waals surface area contributed by atoms with E-state index in [0.717, 1.165) is 36.2 Å². The minimum atomic E-state index is -0.370. The van der Waals surface area contributed by atoms with E-state index in [1.807, 2.05) is 45.0 Å². The molecule has 37 heavy (non-hydrogen) atoms. The molecule has 3 heterocycles. The molecule has 0 spiro atoms. The highest BCUT2D eigenvalue weighted by molar-refractivity contribution is 7.24. The van der Waals surface area contributed by atoms with Gasteiger partial charge in [0.1, 0.15) is 10.6 Å². The maximum Gasteiger partial charge on any atom is 0.324 e. The first-order valence-corrected chi connectivity index (χ1v) is 13.2. The lowest BCUT2D eigenvalue weighted by molar-refractivity contribution is 0.262. The summed E-state index contributed by atoms with van der Waals surface area (Å²) in [6.07, 6.45) is 4.35. The largest absolute Gasteiger partial charge is 0.383 e. The predicted octanol–water partition coefficient (Wildman–Crippen LogP) is 6.65. The fourth-order valence-electron chi connectivity index (χ4n) is 4.21. The molecule has 2 amide bonds. The second-order valence-corrected chi connectivity index (χ2v) is 12.0. The van der Waals surface area contributed by atoms with Gasteiger partial charge in [0, 0.05) is 46.7 Å². The fourth-order valence-corrected chi connectivity index (χ4v) is 5.33. The van der Waals surface area contributed by atoms with Crippen molar-refractivity contribution in [2.75, 3.05) is 22.5 Å². The molecule has 6 rings (SSSR count). The Hall–Kier alpha value is -3.82. The standard InChI is InChI=1S/C28H30N6O2S/c1-27(2,3)23-14-24(33-36-23)32-26(35)31-19-6-4-17(5-7-19)18-12-25-34(15-18)21-9-8-20(13-22(21)37-25)30-16-28(29)10-11-28/h4-9,12-15,30H,10-11,16,29H2,1-3H3,(H2,31,32,33,35). The van der Waals surface area contributed by atoms with Gasteiger partial charge >= 0.3 is 6.03 Å². The maximum absolute atomic E-state index is 12.4. The first kappa shape index (κ1) is 23.6. The number of carbonyl (C=O) groups is 1. The van der Waals surface area contributed by atoms with E-state index >= 15 is 0 Å².